The molecule has 0 bridgehead atoms. The third kappa shape index (κ3) is 6.65. The van der Waals surface area contributed by atoms with Crippen LogP contribution in [-0.4, -0.2) is 42.9 Å². The molecule has 0 unspecified atom stereocenters. The van der Waals surface area contributed by atoms with Crippen LogP contribution in [0.5, 0.6) is 11.5 Å². The van der Waals surface area contributed by atoms with Gasteiger partial charge in [-0.15, -0.1) is 0 Å². The molecule has 9 heteroatoms. The van der Waals surface area contributed by atoms with Crippen LogP contribution in [0.3, 0.4) is 0 Å². The van der Waals surface area contributed by atoms with E-state index in [1.807, 2.05) is 0 Å². The maximum Gasteiger partial charge on any atom is 0.422 e. The average molecular weight is 389 g/mol. The second-order valence-corrected chi connectivity index (χ2v) is 6.50. The van der Waals surface area contributed by atoms with Crippen LogP contribution in [0.1, 0.15) is 31.2 Å². The summed E-state index contributed by atoms with van der Waals surface area (Å²) in [6, 6.07) is 4.37. The molecule has 1 fully saturated rings. The molecule has 0 radical (unpaired) electrons. The van der Waals surface area contributed by atoms with Gasteiger partial charge in [0.15, 0.2) is 18.1 Å². The maximum absolute atomic E-state index is 12.3. The van der Waals surface area contributed by atoms with Crippen molar-refractivity contribution in [2.75, 3.05) is 13.7 Å². The number of methoxy groups -OCH3 is 1. The lowest BCUT2D eigenvalue weighted by Crippen LogP contribution is -2.33. The van der Waals surface area contributed by atoms with Gasteiger partial charge in [-0.05, 0) is 43.4 Å². The highest BCUT2D eigenvalue weighted by molar-refractivity contribution is 5.77. The van der Waals surface area contributed by atoms with Gasteiger partial charge in [-0.3, -0.25) is 9.59 Å². The monoisotopic (exact) mass is 389 g/mol. The number of hydrogen-bond acceptors (Lipinski definition) is 4. The molecule has 0 saturated heterocycles. The lowest BCUT2D eigenvalue weighted by atomic mass is 10.1. The zero-order chi connectivity index (χ0) is 20.0. The van der Waals surface area contributed by atoms with Gasteiger partial charge in [0.1, 0.15) is 0 Å². The van der Waals surface area contributed by atoms with Gasteiger partial charge in [0.2, 0.25) is 5.91 Å². The average Bonchev–Trinajstić information content (AvgIpc) is 3.06. The van der Waals surface area contributed by atoms with Crippen LogP contribution in [0.15, 0.2) is 18.2 Å². The van der Waals surface area contributed by atoms with Gasteiger partial charge >= 0.3 is 12.1 Å². The fourth-order valence-electron chi connectivity index (χ4n) is 3.04. The molecule has 150 valence electrons. The first-order valence-corrected chi connectivity index (χ1v) is 8.56. The number of carboxylic acid groups (broad SMARTS) is 1. The molecule has 0 aromatic heterocycles. The second kappa shape index (κ2) is 8.96. The zero-order valence-corrected chi connectivity index (χ0v) is 14.8. The maximum atomic E-state index is 12.3. The summed E-state index contributed by atoms with van der Waals surface area (Å²) in [7, 11) is 1.32. The first-order chi connectivity index (χ1) is 12.7. The van der Waals surface area contributed by atoms with E-state index in [0.717, 1.165) is 5.56 Å². The first-order valence-electron chi connectivity index (χ1n) is 8.56. The normalized spacial score (nSPS) is 19.6. The molecule has 1 aromatic carbocycles. The Kier molecular flexibility index (Phi) is 6.92. The second-order valence-electron chi connectivity index (χ2n) is 6.50. The lowest BCUT2D eigenvalue weighted by molar-refractivity contribution is -0.153. The summed E-state index contributed by atoms with van der Waals surface area (Å²) in [6.07, 6.45) is -2.27. The minimum atomic E-state index is -4.44. The van der Waals surface area contributed by atoms with Crippen molar-refractivity contribution in [2.24, 2.45) is 5.92 Å². The smallest absolute Gasteiger partial charge is 0.422 e. The van der Waals surface area contributed by atoms with E-state index in [2.05, 4.69) is 5.32 Å². The minimum Gasteiger partial charge on any atom is -0.493 e. The molecule has 1 aliphatic rings. The van der Waals surface area contributed by atoms with Gasteiger partial charge in [-0.2, -0.15) is 13.2 Å². The third-order valence-electron chi connectivity index (χ3n) is 4.41. The topological polar surface area (TPSA) is 84.9 Å². The highest BCUT2D eigenvalue weighted by Crippen LogP contribution is 2.30. The largest absolute Gasteiger partial charge is 0.493 e. The number of aliphatic carboxylic acids is 1. The number of nitrogens with one attached hydrogen (secondary N) is 1. The fraction of sp³-hybridized carbons (Fsp3) is 0.556. The van der Waals surface area contributed by atoms with E-state index in [-0.39, 0.29) is 29.9 Å². The Hall–Kier alpha value is -2.45. The number of carbonyl (C=O) groups is 2. The van der Waals surface area contributed by atoms with Gasteiger partial charge in [-0.25, -0.2) is 0 Å². The van der Waals surface area contributed by atoms with Crippen molar-refractivity contribution in [3.05, 3.63) is 23.8 Å². The Morgan fingerprint density at radius 1 is 1.26 bits per heavy atom. The standard InChI is InChI=1S/C18H22F3NO5/c1-26-15-8-11(2-6-14(15)27-10-18(19,20)21)3-7-16(23)22-13-5-4-12(9-13)17(24)25/h2,6,8,12-13H,3-5,7,9-10H2,1H3,(H,22,23)(H,24,25)/t12-,13+/m1/s1. The van der Waals surface area contributed by atoms with Crippen LogP contribution in [0.25, 0.3) is 0 Å². The lowest BCUT2D eigenvalue weighted by Gasteiger charge is -2.14. The van der Waals surface area contributed by atoms with E-state index in [4.69, 9.17) is 14.6 Å². The minimum absolute atomic E-state index is 0.0197. The van der Waals surface area contributed by atoms with Crippen molar-refractivity contribution in [3.63, 3.8) is 0 Å². The van der Waals surface area contributed by atoms with Gasteiger partial charge in [-0.1, -0.05) is 6.07 Å². The summed E-state index contributed by atoms with van der Waals surface area (Å²) < 4.78 is 46.5. The predicted octanol–water partition coefficient (Wildman–Crippen LogP) is 2.94. The quantitative estimate of drug-likeness (QED) is 0.714. The first kappa shape index (κ1) is 20.9. The van der Waals surface area contributed by atoms with Crippen molar-refractivity contribution >= 4 is 11.9 Å². The number of ether oxygens (including phenoxy) is 2. The number of carboxylic acids is 1. The zero-order valence-electron chi connectivity index (χ0n) is 14.8. The Morgan fingerprint density at radius 2 is 2.00 bits per heavy atom. The highest BCUT2D eigenvalue weighted by atomic mass is 19.4. The molecule has 1 saturated carbocycles. The fourth-order valence-corrected chi connectivity index (χ4v) is 3.04. The molecule has 6 nitrogen and oxygen atoms in total. The molecule has 2 N–H and O–H groups in total. The summed E-state index contributed by atoms with van der Waals surface area (Å²) in [5, 5.41) is 11.8. The van der Waals surface area contributed by atoms with Gasteiger partial charge in [0, 0.05) is 12.5 Å². The Morgan fingerprint density at radius 3 is 2.59 bits per heavy atom. The molecule has 27 heavy (non-hydrogen) atoms. The number of aryl methyl sites for hydroxylation is 1. The van der Waals surface area contributed by atoms with Crippen LogP contribution in [0, 0.1) is 5.92 Å². The molecule has 0 aliphatic heterocycles. The Labute approximate surface area is 154 Å². The van der Waals surface area contributed by atoms with E-state index >= 15 is 0 Å². The molecule has 2 atom stereocenters. The van der Waals surface area contributed by atoms with Crippen LogP contribution in [-0.2, 0) is 16.0 Å². The molecule has 0 spiro atoms. The van der Waals surface area contributed by atoms with Gasteiger partial charge in [0.25, 0.3) is 0 Å². The molecular formula is C18H22F3NO5. The summed E-state index contributed by atoms with van der Waals surface area (Å²) in [5.41, 5.74) is 0.719. The highest BCUT2D eigenvalue weighted by Gasteiger charge is 2.30. The van der Waals surface area contributed by atoms with Crippen molar-refractivity contribution < 1.29 is 37.3 Å². The number of halogens is 3. The Balaban J connectivity index is 1.84. The summed E-state index contributed by atoms with van der Waals surface area (Å²) in [6.45, 7) is -1.41. The summed E-state index contributed by atoms with van der Waals surface area (Å²) in [5.74, 6) is -1.30. The van der Waals surface area contributed by atoms with E-state index in [0.29, 0.717) is 25.7 Å². The molecule has 0 heterocycles. The number of carbonyl (C=O) groups excluding carboxylic acids is 1. The van der Waals surface area contributed by atoms with E-state index in [1.54, 1.807) is 6.07 Å². The van der Waals surface area contributed by atoms with Crippen molar-refractivity contribution in [2.45, 2.75) is 44.3 Å². The van der Waals surface area contributed by atoms with Crippen molar-refractivity contribution in [3.8, 4) is 11.5 Å². The molecular weight excluding hydrogens is 367 g/mol. The van der Waals surface area contributed by atoms with Crippen LogP contribution in [0.2, 0.25) is 0 Å². The van der Waals surface area contributed by atoms with Crippen molar-refractivity contribution in [1.29, 1.82) is 0 Å². The van der Waals surface area contributed by atoms with E-state index in [1.165, 1.54) is 19.2 Å². The summed E-state index contributed by atoms with van der Waals surface area (Å²) >= 11 is 0. The van der Waals surface area contributed by atoms with Gasteiger partial charge < -0.3 is 19.9 Å². The number of amides is 1. The molecule has 1 amide bonds. The number of rotatable bonds is 8. The Bertz CT molecular complexity index is 677. The molecule has 1 aliphatic carbocycles. The van der Waals surface area contributed by atoms with Crippen LogP contribution in [0.4, 0.5) is 13.2 Å². The number of benzene rings is 1. The van der Waals surface area contributed by atoms with Crippen LogP contribution >= 0.6 is 0 Å². The van der Waals surface area contributed by atoms with Crippen LogP contribution < -0.4 is 14.8 Å². The summed E-state index contributed by atoms with van der Waals surface area (Å²) in [4.78, 5) is 23.0. The van der Waals surface area contributed by atoms with Gasteiger partial charge in [0.05, 0.1) is 13.0 Å². The SMILES string of the molecule is COc1cc(CCC(=O)N[C@H]2CC[C@@H](C(=O)O)C2)ccc1OCC(F)(F)F. The molecule has 1 aromatic rings. The predicted molar refractivity (Wildman–Crippen MR) is 89.8 cm³/mol. The van der Waals surface area contributed by atoms with E-state index in [9.17, 15) is 22.8 Å². The molecule has 2 rings (SSSR count). The van der Waals surface area contributed by atoms with E-state index < -0.39 is 24.7 Å². The number of hydrogen-bond donors (Lipinski definition) is 2. The van der Waals surface area contributed by atoms with Crippen molar-refractivity contribution in [1.82, 2.24) is 5.32 Å². The number of alkyl halides is 3. The third-order valence-corrected chi connectivity index (χ3v) is 4.41.